The number of anilines is 1. The maximum Gasteiger partial charge on any atom is 0.273 e. The number of hydrogen-bond donors (Lipinski definition) is 0. The first-order valence-electron chi connectivity index (χ1n) is 9.57. The van der Waals surface area contributed by atoms with Gasteiger partial charge in [-0.2, -0.15) is 0 Å². The van der Waals surface area contributed by atoms with Gasteiger partial charge in [0.25, 0.3) is 11.6 Å². The molecule has 0 spiro atoms. The smallest absolute Gasteiger partial charge is 0.273 e. The summed E-state index contributed by atoms with van der Waals surface area (Å²) >= 11 is 0. The Bertz CT molecular complexity index is 1060. The number of piperazine rings is 1. The van der Waals surface area contributed by atoms with Gasteiger partial charge in [-0.25, -0.2) is 0 Å². The second-order valence-electron chi connectivity index (χ2n) is 7.00. The summed E-state index contributed by atoms with van der Waals surface area (Å²) in [5.41, 5.74) is 2.38. The standard InChI is InChI=1S/C21H20N6O3/c1-15-17(5-2-6-19(15)27(29)30)21(28)26-12-10-25(11-13-26)20-8-7-18(23-24-20)16-4-3-9-22-14-16/h2-9,14H,10-13H2,1H3. The van der Waals surface area contributed by atoms with E-state index in [-0.39, 0.29) is 11.6 Å². The molecule has 3 heterocycles. The number of carbonyl (C=O) groups is 1. The highest BCUT2D eigenvalue weighted by molar-refractivity contribution is 5.96. The molecule has 1 fully saturated rings. The predicted octanol–water partition coefficient (Wildman–Crippen LogP) is 2.72. The Balaban J connectivity index is 1.42. The lowest BCUT2D eigenvalue weighted by molar-refractivity contribution is -0.385. The van der Waals surface area contributed by atoms with E-state index in [1.54, 1.807) is 36.4 Å². The van der Waals surface area contributed by atoms with Crippen LogP contribution in [-0.2, 0) is 0 Å². The van der Waals surface area contributed by atoms with Crippen LogP contribution in [0.4, 0.5) is 11.5 Å². The van der Waals surface area contributed by atoms with Gasteiger partial charge in [0.05, 0.1) is 10.6 Å². The van der Waals surface area contributed by atoms with Gasteiger partial charge >= 0.3 is 0 Å². The fourth-order valence-corrected chi connectivity index (χ4v) is 3.52. The van der Waals surface area contributed by atoms with E-state index < -0.39 is 4.92 Å². The van der Waals surface area contributed by atoms with Crippen molar-refractivity contribution in [1.29, 1.82) is 0 Å². The molecule has 0 saturated carbocycles. The van der Waals surface area contributed by atoms with Gasteiger partial charge in [0.15, 0.2) is 5.82 Å². The van der Waals surface area contributed by atoms with Crippen LogP contribution in [0.2, 0.25) is 0 Å². The largest absolute Gasteiger partial charge is 0.352 e. The lowest BCUT2D eigenvalue weighted by atomic mass is 10.1. The van der Waals surface area contributed by atoms with Crippen LogP contribution in [0, 0.1) is 17.0 Å². The van der Waals surface area contributed by atoms with Crippen molar-refractivity contribution >= 4 is 17.4 Å². The molecular formula is C21H20N6O3. The zero-order valence-corrected chi connectivity index (χ0v) is 16.4. The van der Waals surface area contributed by atoms with E-state index in [0.717, 1.165) is 17.1 Å². The van der Waals surface area contributed by atoms with E-state index in [1.165, 1.54) is 6.07 Å². The molecular weight excluding hydrogens is 384 g/mol. The van der Waals surface area contributed by atoms with Crippen molar-refractivity contribution in [3.05, 3.63) is 76.1 Å². The predicted molar refractivity (Wildman–Crippen MR) is 111 cm³/mol. The second-order valence-corrected chi connectivity index (χ2v) is 7.00. The molecule has 152 valence electrons. The molecule has 0 N–H and O–H groups in total. The summed E-state index contributed by atoms with van der Waals surface area (Å²) in [5.74, 6) is 0.565. The summed E-state index contributed by atoms with van der Waals surface area (Å²) in [4.78, 5) is 31.5. The van der Waals surface area contributed by atoms with Crippen LogP contribution in [-0.4, -0.2) is 57.1 Å². The van der Waals surface area contributed by atoms with Gasteiger partial charge in [-0.15, -0.1) is 10.2 Å². The molecule has 1 aliphatic heterocycles. The molecule has 2 aromatic heterocycles. The fourth-order valence-electron chi connectivity index (χ4n) is 3.52. The number of amides is 1. The van der Waals surface area contributed by atoms with Gasteiger partial charge in [-0.05, 0) is 37.3 Å². The zero-order chi connectivity index (χ0) is 21.1. The first-order chi connectivity index (χ1) is 14.5. The van der Waals surface area contributed by atoms with E-state index in [2.05, 4.69) is 20.1 Å². The average Bonchev–Trinajstić information content (AvgIpc) is 2.79. The van der Waals surface area contributed by atoms with Crippen molar-refractivity contribution in [3.63, 3.8) is 0 Å². The monoisotopic (exact) mass is 404 g/mol. The molecule has 9 heteroatoms. The molecule has 0 bridgehead atoms. The van der Waals surface area contributed by atoms with Gasteiger partial charge in [0, 0.05) is 61.3 Å². The number of nitrogens with zero attached hydrogens (tertiary/aromatic N) is 6. The zero-order valence-electron chi connectivity index (χ0n) is 16.4. The van der Waals surface area contributed by atoms with Crippen molar-refractivity contribution in [3.8, 4) is 11.3 Å². The highest BCUT2D eigenvalue weighted by Gasteiger charge is 2.26. The molecule has 9 nitrogen and oxygen atoms in total. The first-order valence-corrected chi connectivity index (χ1v) is 9.57. The maximum absolute atomic E-state index is 12.9. The van der Waals surface area contributed by atoms with E-state index in [9.17, 15) is 14.9 Å². The van der Waals surface area contributed by atoms with Crippen LogP contribution in [0.25, 0.3) is 11.3 Å². The van der Waals surface area contributed by atoms with Crippen molar-refractivity contribution < 1.29 is 9.72 Å². The number of hydrogen-bond acceptors (Lipinski definition) is 7. The highest BCUT2D eigenvalue weighted by Crippen LogP contribution is 2.23. The van der Waals surface area contributed by atoms with Gasteiger partial charge in [0.2, 0.25) is 0 Å². The minimum atomic E-state index is -0.460. The van der Waals surface area contributed by atoms with E-state index in [1.807, 2.05) is 24.3 Å². The maximum atomic E-state index is 12.9. The van der Waals surface area contributed by atoms with Crippen LogP contribution in [0.15, 0.2) is 54.9 Å². The quantitative estimate of drug-likeness (QED) is 0.486. The number of aromatic nitrogens is 3. The summed E-state index contributed by atoms with van der Waals surface area (Å²) in [6.45, 7) is 3.85. The second kappa shape index (κ2) is 8.24. The van der Waals surface area contributed by atoms with E-state index in [0.29, 0.717) is 37.3 Å². The number of nitro benzene ring substituents is 1. The highest BCUT2D eigenvalue weighted by atomic mass is 16.6. The number of pyridine rings is 1. The van der Waals surface area contributed by atoms with Crippen molar-refractivity contribution in [1.82, 2.24) is 20.1 Å². The minimum Gasteiger partial charge on any atom is -0.352 e. The Morgan fingerprint density at radius 2 is 1.83 bits per heavy atom. The van der Waals surface area contributed by atoms with E-state index >= 15 is 0 Å². The molecule has 30 heavy (non-hydrogen) atoms. The normalized spacial score (nSPS) is 13.9. The first kappa shape index (κ1) is 19.4. The molecule has 0 radical (unpaired) electrons. The lowest BCUT2D eigenvalue weighted by Gasteiger charge is -2.35. The molecule has 1 saturated heterocycles. The van der Waals surface area contributed by atoms with Gasteiger partial charge in [-0.3, -0.25) is 19.9 Å². The van der Waals surface area contributed by atoms with Crippen molar-refractivity contribution in [2.24, 2.45) is 0 Å². The summed E-state index contributed by atoms with van der Waals surface area (Å²) in [5, 5.41) is 19.8. The Labute approximate surface area is 173 Å². The van der Waals surface area contributed by atoms with Crippen molar-refractivity contribution in [2.75, 3.05) is 31.1 Å². The summed E-state index contributed by atoms with van der Waals surface area (Å²) < 4.78 is 0. The topological polar surface area (TPSA) is 105 Å². The van der Waals surface area contributed by atoms with Gasteiger partial charge in [0.1, 0.15) is 0 Å². The number of nitro groups is 1. The molecule has 3 aromatic rings. The average molecular weight is 404 g/mol. The van der Waals surface area contributed by atoms with Crippen LogP contribution in [0.1, 0.15) is 15.9 Å². The van der Waals surface area contributed by atoms with Crippen LogP contribution in [0.3, 0.4) is 0 Å². The molecule has 4 rings (SSSR count). The summed E-state index contributed by atoms with van der Waals surface area (Å²) in [7, 11) is 0. The molecule has 1 amide bonds. The molecule has 0 unspecified atom stereocenters. The van der Waals surface area contributed by atoms with Crippen LogP contribution in [0.5, 0.6) is 0 Å². The van der Waals surface area contributed by atoms with Crippen LogP contribution >= 0.6 is 0 Å². The van der Waals surface area contributed by atoms with Gasteiger partial charge in [-0.1, -0.05) is 6.07 Å². The third kappa shape index (κ3) is 3.82. The lowest BCUT2D eigenvalue weighted by Crippen LogP contribution is -2.49. The fraction of sp³-hybridized carbons (Fsp3) is 0.238. The Morgan fingerprint density at radius 3 is 2.47 bits per heavy atom. The Hall–Kier alpha value is -3.88. The third-order valence-corrected chi connectivity index (χ3v) is 5.23. The number of benzene rings is 1. The SMILES string of the molecule is Cc1c(C(=O)N2CCN(c3ccc(-c4cccnc4)nn3)CC2)cccc1[N+](=O)[O-]. The van der Waals surface area contributed by atoms with Gasteiger partial charge < -0.3 is 9.80 Å². The minimum absolute atomic E-state index is 0.0385. The number of rotatable bonds is 4. The summed E-state index contributed by atoms with van der Waals surface area (Å²) in [6, 6.07) is 12.2. The molecule has 0 atom stereocenters. The molecule has 0 aliphatic carbocycles. The Kier molecular flexibility index (Phi) is 5.34. The van der Waals surface area contributed by atoms with Crippen molar-refractivity contribution in [2.45, 2.75) is 6.92 Å². The van der Waals surface area contributed by atoms with Crippen LogP contribution < -0.4 is 4.90 Å². The molecule has 1 aliphatic rings. The van der Waals surface area contributed by atoms with E-state index in [4.69, 9.17) is 0 Å². The Morgan fingerprint density at radius 1 is 1.03 bits per heavy atom. The number of carbonyl (C=O) groups excluding carboxylic acids is 1. The summed E-state index contributed by atoms with van der Waals surface area (Å²) in [6.07, 6.45) is 3.45. The third-order valence-electron chi connectivity index (χ3n) is 5.23. The molecule has 1 aromatic carbocycles.